The molecule has 0 atom stereocenters. The second kappa shape index (κ2) is 6.06. The van der Waals surface area contributed by atoms with Crippen molar-refractivity contribution < 1.29 is 24.2 Å². The van der Waals surface area contributed by atoms with E-state index >= 15 is 0 Å². The van der Waals surface area contributed by atoms with E-state index in [-0.39, 0.29) is 17.2 Å². The van der Waals surface area contributed by atoms with E-state index in [9.17, 15) is 15.0 Å². The summed E-state index contributed by atoms with van der Waals surface area (Å²) in [6.45, 7) is 1.94. The Labute approximate surface area is 142 Å². The highest BCUT2D eigenvalue weighted by atomic mass is 16.5. The number of aromatic carboxylic acids is 1. The van der Waals surface area contributed by atoms with Gasteiger partial charge < -0.3 is 24.3 Å². The van der Waals surface area contributed by atoms with Gasteiger partial charge in [-0.2, -0.15) is 0 Å². The lowest BCUT2D eigenvalue weighted by molar-refractivity contribution is 0.0692. The highest BCUT2D eigenvalue weighted by molar-refractivity contribution is 6.21. The van der Waals surface area contributed by atoms with Crippen LogP contribution in [-0.4, -0.2) is 53.7 Å². The number of pyridine rings is 1. The smallest absolute Gasteiger partial charge is 0.345 e. The maximum Gasteiger partial charge on any atom is 0.345 e. The third-order valence-corrected chi connectivity index (χ3v) is 4.11. The van der Waals surface area contributed by atoms with Gasteiger partial charge in [-0.05, 0) is 18.2 Å². The summed E-state index contributed by atoms with van der Waals surface area (Å²) in [6, 6.07) is 3.63. The van der Waals surface area contributed by atoms with Crippen molar-refractivity contribution >= 4 is 35.5 Å². The third-order valence-electron chi connectivity index (χ3n) is 4.11. The maximum atomic E-state index is 11.6. The van der Waals surface area contributed by atoms with Crippen LogP contribution in [0.25, 0.3) is 11.6 Å². The Kier molecular flexibility index (Phi) is 3.73. The number of rotatable bonds is 3. The number of carboxylic acids is 1. The quantitative estimate of drug-likeness (QED) is 0.880. The number of ether oxygens (including phenoxy) is 1. The van der Waals surface area contributed by atoms with Crippen molar-refractivity contribution in [3.63, 3.8) is 0 Å². The molecular formula is C17H15N3O5. The molecule has 2 N–H and O–H groups in total. The molecule has 25 heavy (non-hydrogen) atoms. The number of aromatic hydroxyl groups is 1. The lowest BCUT2D eigenvalue weighted by atomic mass is 10.1. The molecule has 8 heteroatoms. The molecule has 1 saturated heterocycles. The van der Waals surface area contributed by atoms with Crippen molar-refractivity contribution in [3.05, 3.63) is 35.2 Å². The highest BCUT2D eigenvalue weighted by Crippen LogP contribution is 2.39. The average Bonchev–Trinajstić information content (AvgIpc) is 3.18. The molecular weight excluding hydrogens is 326 g/mol. The first-order chi connectivity index (χ1) is 12.1. The highest BCUT2D eigenvalue weighted by Gasteiger charge is 2.29. The minimum atomic E-state index is -1.24. The molecule has 2 aromatic rings. The first-order valence-electron chi connectivity index (χ1n) is 7.78. The van der Waals surface area contributed by atoms with Gasteiger partial charge in [0.2, 0.25) is 5.88 Å². The maximum absolute atomic E-state index is 11.6. The summed E-state index contributed by atoms with van der Waals surface area (Å²) in [7, 11) is 0. The normalized spacial score (nSPS) is 17.9. The molecule has 128 valence electrons. The van der Waals surface area contributed by atoms with E-state index in [1.54, 1.807) is 29.5 Å². The zero-order chi connectivity index (χ0) is 17.4. The fourth-order valence-corrected chi connectivity index (χ4v) is 2.89. The number of hydrogen-bond donors (Lipinski definition) is 2. The molecule has 2 aliphatic heterocycles. The van der Waals surface area contributed by atoms with Crippen LogP contribution in [0.15, 0.2) is 27.7 Å². The van der Waals surface area contributed by atoms with Gasteiger partial charge in [-0.3, -0.25) is 0 Å². The molecule has 2 aromatic heterocycles. The van der Waals surface area contributed by atoms with Crippen LogP contribution < -0.4 is 4.90 Å². The lowest BCUT2D eigenvalue weighted by Gasteiger charge is -2.26. The van der Waals surface area contributed by atoms with Gasteiger partial charge in [-0.25, -0.2) is 14.8 Å². The van der Waals surface area contributed by atoms with Crippen LogP contribution in [0, 0.1) is 0 Å². The predicted molar refractivity (Wildman–Crippen MR) is 90.6 cm³/mol. The van der Waals surface area contributed by atoms with Gasteiger partial charge in [-0.1, -0.05) is 0 Å². The Morgan fingerprint density at radius 3 is 2.88 bits per heavy atom. The number of morpholine rings is 1. The van der Waals surface area contributed by atoms with E-state index in [2.05, 4.69) is 9.98 Å². The minimum absolute atomic E-state index is 0.0806. The van der Waals surface area contributed by atoms with Crippen LogP contribution in [0.2, 0.25) is 0 Å². The van der Waals surface area contributed by atoms with Crippen molar-refractivity contribution in [2.75, 3.05) is 31.2 Å². The van der Waals surface area contributed by atoms with Gasteiger partial charge in [0.1, 0.15) is 0 Å². The largest absolute Gasteiger partial charge is 0.504 e. The van der Waals surface area contributed by atoms with E-state index in [0.29, 0.717) is 37.7 Å². The molecule has 0 saturated carbocycles. The van der Waals surface area contributed by atoms with Crippen molar-refractivity contribution in [2.45, 2.75) is 0 Å². The van der Waals surface area contributed by atoms with Gasteiger partial charge in [0.25, 0.3) is 0 Å². The summed E-state index contributed by atoms with van der Waals surface area (Å²) < 4.78 is 11.0. The Morgan fingerprint density at radius 2 is 2.12 bits per heavy atom. The van der Waals surface area contributed by atoms with E-state index in [1.807, 2.05) is 6.07 Å². The number of aromatic nitrogens is 1. The van der Waals surface area contributed by atoms with Crippen molar-refractivity contribution in [3.8, 4) is 5.75 Å². The summed E-state index contributed by atoms with van der Waals surface area (Å²) in [5.74, 6) is -0.841. The van der Waals surface area contributed by atoms with Crippen LogP contribution in [0.4, 0.5) is 11.7 Å². The van der Waals surface area contributed by atoms with Gasteiger partial charge in [0.05, 0.1) is 13.2 Å². The Balaban J connectivity index is 1.77. The van der Waals surface area contributed by atoms with E-state index in [0.717, 1.165) is 5.56 Å². The number of anilines is 1. The van der Waals surface area contributed by atoms with Gasteiger partial charge in [0.15, 0.2) is 22.9 Å². The first kappa shape index (κ1) is 15.4. The molecule has 8 nitrogen and oxygen atoms in total. The molecule has 0 unspecified atom stereocenters. The van der Waals surface area contributed by atoms with Crippen LogP contribution in [0.3, 0.4) is 0 Å². The summed E-state index contributed by atoms with van der Waals surface area (Å²) in [5, 5.41) is 19.9. The molecule has 0 aromatic carbocycles. The van der Waals surface area contributed by atoms with Crippen LogP contribution in [0.1, 0.15) is 21.7 Å². The van der Waals surface area contributed by atoms with Crippen LogP contribution >= 0.6 is 0 Å². The zero-order valence-electron chi connectivity index (χ0n) is 13.2. The number of furan rings is 1. The number of nitrogens with zero attached hydrogens (tertiary/aromatic N) is 3. The monoisotopic (exact) mass is 341 g/mol. The van der Waals surface area contributed by atoms with E-state index in [1.165, 1.54) is 0 Å². The van der Waals surface area contributed by atoms with Crippen molar-refractivity contribution in [1.29, 1.82) is 0 Å². The van der Waals surface area contributed by atoms with Gasteiger partial charge in [-0.15, -0.1) is 0 Å². The zero-order valence-corrected chi connectivity index (χ0v) is 13.2. The number of aliphatic imine (C=N–C) groups is 1. The summed E-state index contributed by atoms with van der Waals surface area (Å²) in [4.78, 5) is 21.7. The van der Waals surface area contributed by atoms with Gasteiger partial charge in [0, 0.05) is 36.6 Å². The summed E-state index contributed by atoms with van der Waals surface area (Å²) in [6.07, 6.45) is 4.82. The van der Waals surface area contributed by atoms with Crippen LogP contribution in [-0.2, 0) is 4.74 Å². The van der Waals surface area contributed by atoms with Crippen LogP contribution in [0.5, 0.6) is 5.75 Å². The van der Waals surface area contributed by atoms with E-state index in [4.69, 9.17) is 9.15 Å². The molecule has 1 fully saturated rings. The fourth-order valence-electron chi connectivity index (χ4n) is 2.89. The summed E-state index contributed by atoms with van der Waals surface area (Å²) in [5.41, 5.74) is 1.25. The molecule has 0 spiro atoms. The van der Waals surface area contributed by atoms with Crippen molar-refractivity contribution in [1.82, 2.24) is 4.98 Å². The second-order valence-electron chi connectivity index (χ2n) is 5.63. The Morgan fingerprint density at radius 1 is 1.32 bits per heavy atom. The fraction of sp³-hybridized carbons (Fsp3) is 0.235. The topological polar surface area (TPSA) is 108 Å². The number of carbonyl (C=O) groups is 1. The number of fused-ring (bicyclic) bond motifs is 1. The van der Waals surface area contributed by atoms with Gasteiger partial charge >= 0.3 is 5.97 Å². The predicted octanol–water partition coefficient (Wildman–Crippen LogP) is 2.17. The standard InChI is InChI=1S/C17H15N3O5/c21-14-12(8-10-9-19-15-11(10)2-1-3-18-15)25-16(13(14)17(22)23)20-4-6-24-7-5-20/h1-3,8-9,21H,4-7H2,(H,22,23). The summed E-state index contributed by atoms with van der Waals surface area (Å²) >= 11 is 0. The number of allylic oxidation sites excluding steroid dienone is 1. The first-order valence-corrected chi connectivity index (χ1v) is 7.78. The molecule has 0 amide bonds. The Hall–Kier alpha value is -3.13. The number of carboxylic acid groups (broad SMARTS) is 1. The molecule has 0 bridgehead atoms. The SMILES string of the molecule is O=C(O)c1c(N2CCOCC2)oc(C=C2C=Nc3ncccc32)c1O. The minimum Gasteiger partial charge on any atom is -0.504 e. The van der Waals surface area contributed by atoms with E-state index < -0.39 is 11.7 Å². The molecule has 4 rings (SSSR count). The average molecular weight is 341 g/mol. The molecule has 2 aliphatic rings. The second-order valence-corrected chi connectivity index (χ2v) is 5.63. The molecule has 4 heterocycles. The number of hydrogen-bond acceptors (Lipinski definition) is 7. The molecule has 0 radical (unpaired) electrons. The Bertz CT molecular complexity index is 894. The molecule has 0 aliphatic carbocycles. The lowest BCUT2D eigenvalue weighted by Crippen LogP contribution is -2.36. The van der Waals surface area contributed by atoms with Crippen molar-refractivity contribution in [2.24, 2.45) is 4.99 Å². The third kappa shape index (κ3) is 2.66.